The molecule has 0 spiro atoms. The van der Waals surface area contributed by atoms with Gasteiger partial charge in [-0.2, -0.15) is 0 Å². The summed E-state index contributed by atoms with van der Waals surface area (Å²) in [5, 5.41) is 0. The van der Waals surface area contributed by atoms with Crippen LogP contribution in [0.25, 0.3) is 0 Å². The minimum Gasteiger partial charge on any atom is -0.469 e. The van der Waals surface area contributed by atoms with Crippen LogP contribution in [0.5, 0.6) is 0 Å². The van der Waals surface area contributed by atoms with Crippen LogP contribution in [-0.2, 0) is 14.3 Å². The van der Waals surface area contributed by atoms with Gasteiger partial charge in [-0.3, -0.25) is 9.59 Å². The number of ether oxygens (including phenoxy) is 1. The lowest BCUT2D eigenvalue weighted by Crippen LogP contribution is -2.34. The van der Waals surface area contributed by atoms with Gasteiger partial charge in [-0.15, -0.1) is 0 Å². The molecule has 0 saturated heterocycles. The van der Waals surface area contributed by atoms with E-state index in [9.17, 15) is 9.59 Å². The molecule has 0 unspecified atom stereocenters. The van der Waals surface area contributed by atoms with Crippen molar-refractivity contribution < 1.29 is 14.3 Å². The fraction of sp³-hybridized carbons (Fsp3) is 0.667. The molecule has 0 aromatic rings. The first kappa shape index (κ1) is 16.8. The van der Waals surface area contributed by atoms with Crippen LogP contribution in [0.15, 0.2) is 23.4 Å². The summed E-state index contributed by atoms with van der Waals surface area (Å²) in [5.41, 5.74) is 2.55. The van der Waals surface area contributed by atoms with E-state index < -0.39 is 5.97 Å². The van der Waals surface area contributed by atoms with E-state index in [2.05, 4.69) is 16.9 Å². The van der Waals surface area contributed by atoms with Crippen molar-refractivity contribution in [1.82, 2.24) is 4.90 Å². The average molecular weight is 305 g/mol. The van der Waals surface area contributed by atoms with Crippen molar-refractivity contribution in [2.45, 2.75) is 64.2 Å². The number of amides is 1. The smallest absolute Gasteiger partial charge is 0.315 e. The summed E-state index contributed by atoms with van der Waals surface area (Å²) in [4.78, 5) is 25.7. The van der Waals surface area contributed by atoms with Gasteiger partial charge in [0.1, 0.15) is 6.42 Å². The first-order valence-corrected chi connectivity index (χ1v) is 8.45. The van der Waals surface area contributed by atoms with E-state index in [1.165, 1.54) is 31.9 Å². The normalized spacial score (nSPS) is 18.2. The number of esters is 1. The highest BCUT2D eigenvalue weighted by Gasteiger charge is 2.22. The van der Waals surface area contributed by atoms with Crippen LogP contribution in [0, 0.1) is 0 Å². The number of carbonyl (C=O) groups is 2. The molecule has 0 fully saturated rings. The monoisotopic (exact) mass is 305 g/mol. The Morgan fingerprint density at radius 2 is 1.82 bits per heavy atom. The molecule has 2 aliphatic rings. The van der Waals surface area contributed by atoms with Crippen molar-refractivity contribution in [3.8, 4) is 0 Å². The Bertz CT molecular complexity index is 465. The second kappa shape index (κ2) is 8.76. The second-order valence-electron chi connectivity index (χ2n) is 6.10. The molecule has 0 atom stereocenters. The van der Waals surface area contributed by atoms with E-state index in [0.717, 1.165) is 44.2 Å². The summed E-state index contributed by atoms with van der Waals surface area (Å²) >= 11 is 0. The number of allylic oxidation sites excluding steroid dienone is 3. The number of rotatable bonds is 6. The van der Waals surface area contributed by atoms with Gasteiger partial charge in [0.2, 0.25) is 5.91 Å². The van der Waals surface area contributed by atoms with E-state index in [0.29, 0.717) is 6.54 Å². The molecule has 0 saturated carbocycles. The third kappa shape index (κ3) is 5.00. The van der Waals surface area contributed by atoms with Crippen LogP contribution >= 0.6 is 0 Å². The van der Waals surface area contributed by atoms with Gasteiger partial charge in [-0.25, -0.2) is 0 Å². The number of carbonyl (C=O) groups excluding carboxylic acids is 2. The van der Waals surface area contributed by atoms with Crippen LogP contribution in [-0.4, -0.2) is 30.4 Å². The summed E-state index contributed by atoms with van der Waals surface area (Å²) in [5.74, 6) is -0.584. The van der Waals surface area contributed by atoms with Crippen molar-refractivity contribution in [3.63, 3.8) is 0 Å². The predicted molar refractivity (Wildman–Crippen MR) is 86.1 cm³/mol. The van der Waals surface area contributed by atoms with E-state index >= 15 is 0 Å². The standard InChI is InChI=1S/C18H27NO3/c1-22-18(21)14-17(20)19(16-10-6-3-7-11-16)13-12-15-8-4-2-5-9-15/h8,10H,2-7,9,11-14H2,1H3. The zero-order valence-electron chi connectivity index (χ0n) is 13.6. The molecule has 2 aliphatic carbocycles. The Kier molecular flexibility index (Phi) is 6.69. The first-order valence-electron chi connectivity index (χ1n) is 8.45. The third-order valence-electron chi connectivity index (χ3n) is 4.48. The lowest BCUT2D eigenvalue weighted by atomic mass is 9.96. The summed E-state index contributed by atoms with van der Waals surface area (Å²) in [6.45, 7) is 0.688. The maximum Gasteiger partial charge on any atom is 0.315 e. The molecular weight excluding hydrogens is 278 g/mol. The Hall–Kier alpha value is -1.58. The quantitative estimate of drug-likeness (QED) is 0.427. The van der Waals surface area contributed by atoms with Gasteiger partial charge in [0.05, 0.1) is 7.11 Å². The zero-order chi connectivity index (χ0) is 15.8. The molecule has 0 aromatic heterocycles. The van der Waals surface area contributed by atoms with Crippen molar-refractivity contribution in [2.24, 2.45) is 0 Å². The van der Waals surface area contributed by atoms with Crippen molar-refractivity contribution >= 4 is 11.9 Å². The summed E-state index contributed by atoms with van der Waals surface area (Å²) in [6.07, 6.45) is 14.4. The molecule has 4 nitrogen and oxygen atoms in total. The van der Waals surface area contributed by atoms with Crippen LogP contribution in [0.4, 0.5) is 0 Å². The highest BCUT2D eigenvalue weighted by atomic mass is 16.5. The van der Waals surface area contributed by atoms with Crippen LogP contribution in [0.3, 0.4) is 0 Å². The van der Waals surface area contributed by atoms with Crippen molar-refractivity contribution in [2.75, 3.05) is 13.7 Å². The van der Waals surface area contributed by atoms with Gasteiger partial charge >= 0.3 is 5.97 Å². The lowest BCUT2D eigenvalue weighted by Gasteiger charge is -2.28. The maximum absolute atomic E-state index is 12.4. The van der Waals surface area contributed by atoms with Gasteiger partial charge < -0.3 is 9.64 Å². The number of methoxy groups -OCH3 is 1. The van der Waals surface area contributed by atoms with Gasteiger partial charge in [0.15, 0.2) is 0 Å². The maximum atomic E-state index is 12.4. The summed E-state index contributed by atoms with van der Waals surface area (Å²) in [7, 11) is 1.33. The first-order chi connectivity index (χ1) is 10.7. The number of nitrogens with zero attached hydrogens (tertiary/aromatic N) is 1. The molecule has 2 rings (SSSR count). The largest absolute Gasteiger partial charge is 0.469 e. The molecule has 0 radical (unpaired) electrons. The topological polar surface area (TPSA) is 46.6 Å². The predicted octanol–water partition coefficient (Wildman–Crippen LogP) is 3.73. The molecule has 0 aromatic carbocycles. The Labute approximate surface area is 133 Å². The fourth-order valence-corrected chi connectivity index (χ4v) is 3.17. The highest BCUT2D eigenvalue weighted by Crippen LogP contribution is 2.25. The Morgan fingerprint density at radius 3 is 2.41 bits per heavy atom. The molecule has 0 N–H and O–H groups in total. The minimum absolute atomic E-state index is 0.128. The third-order valence-corrected chi connectivity index (χ3v) is 4.48. The van der Waals surface area contributed by atoms with E-state index in [1.54, 1.807) is 0 Å². The van der Waals surface area contributed by atoms with Gasteiger partial charge in [0, 0.05) is 12.2 Å². The second-order valence-corrected chi connectivity index (χ2v) is 6.10. The summed E-state index contributed by atoms with van der Waals surface area (Å²) in [6, 6.07) is 0. The zero-order valence-corrected chi connectivity index (χ0v) is 13.6. The molecule has 1 amide bonds. The SMILES string of the molecule is COC(=O)CC(=O)N(CCC1=CCCCC1)C1=CCCCC1. The van der Waals surface area contributed by atoms with Crippen molar-refractivity contribution in [3.05, 3.63) is 23.4 Å². The molecule has 0 heterocycles. The van der Waals surface area contributed by atoms with E-state index in [1.807, 2.05) is 4.90 Å². The van der Waals surface area contributed by atoms with Gasteiger partial charge in [-0.05, 0) is 57.8 Å². The van der Waals surface area contributed by atoms with Crippen molar-refractivity contribution in [1.29, 1.82) is 0 Å². The molecule has 0 aliphatic heterocycles. The average Bonchev–Trinajstić information content (AvgIpc) is 2.57. The van der Waals surface area contributed by atoms with Crippen LogP contribution < -0.4 is 0 Å². The molecule has 0 bridgehead atoms. The fourth-order valence-electron chi connectivity index (χ4n) is 3.17. The molecular formula is C18H27NO3. The van der Waals surface area contributed by atoms with Gasteiger partial charge in [0.25, 0.3) is 0 Å². The number of hydrogen-bond donors (Lipinski definition) is 0. The molecule has 22 heavy (non-hydrogen) atoms. The summed E-state index contributed by atoms with van der Waals surface area (Å²) < 4.78 is 4.64. The van der Waals surface area contributed by atoms with E-state index in [-0.39, 0.29) is 12.3 Å². The minimum atomic E-state index is -0.455. The lowest BCUT2D eigenvalue weighted by molar-refractivity contribution is -0.146. The van der Waals surface area contributed by atoms with E-state index in [4.69, 9.17) is 0 Å². The van der Waals surface area contributed by atoms with Gasteiger partial charge in [-0.1, -0.05) is 17.7 Å². The Balaban J connectivity index is 2.00. The van der Waals surface area contributed by atoms with Crippen LogP contribution in [0.2, 0.25) is 0 Å². The molecule has 4 heteroatoms. The number of hydrogen-bond acceptors (Lipinski definition) is 3. The van der Waals surface area contributed by atoms with Crippen LogP contribution in [0.1, 0.15) is 64.2 Å². The molecule has 122 valence electrons. The Morgan fingerprint density at radius 1 is 1.09 bits per heavy atom. The highest BCUT2D eigenvalue weighted by molar-refractivity contribution is 5.95.